The molecule has 3 N–H and O–H groups in total. The Kier molecular flexibility index (Phi) is 5.32. The van der Waals surface area contributed by atoms with Crippen molar-refractivity contribution >= 4 is 11.8 Å². The Morgan fingerprint density at radius 2 is 1.91 bits per heavy atom. The third-order valence-corrected chi connectivity index (χ3v) is 8.46. The van der Waals surface area contributed by atoms with Gasteiger partial charge >= 0.3 is 0 Å². The van der Waals surface area contributed by atoms with E-state index in [0.717, 1.165) is 37.7 Å². The molecule has 2 saturated carbocycles. The highest BCUT2D eigenvalue weighted by molar-refractivity contribution is 5.87. The molecule has 9 unspecified atom stereocenters. The molecule has 8 nitrogen and oxygen atoms in total. The lowest BCUT2D eigenvalue weighted by molar-refractivity contribution is -0.342. The van der Waals surface area contributed by atoms with Gasteiger partial charge in [0.1, 0.15) is 35.9 Å². The van der Waals surface area contributed by atoms with Gasteiger partial charge in [-0.3, -0.25) is 4.79 Å². The Morgan fingerprint density at radius 1 is 1.12 bits per heavy atom. The minimum atomic E-state index is -1.81. The van der Waals surface area contributed by atoms with Gasteiger partial charge in [0.25, 0.3) is 0 Å². The van der Waals surface area contributed by atoms with E-state index in [1.807, 2.05) is 12.1 Å². The predicted molar refractivity (Wildman–Crippen MR) is 108 cm³/mol. The number of hydrogen-bond donors (Lipinski definition) is 3. The molecule has 1 heterocycles. The van der Waals surface area contributed by atoms with E-state index in [1.165, 1.54) is 5.56 Å². The minimum absolute atomic E-state index is 0.170. The summed E-state index contributed by atoms with van der Waals surface area (Å²) in [5.74, 6) is 0.477. The second-order valence-corrected chi connectivity index (χ2v) is 10.0. The molecule has 8 heteroatoms. The largest absolute Gasteiger partial charge is 0.547 e. The maximum absolute atomic E-state index is 12.5. The fraction of sp³-hybridized carbons (Fsp3) is 0.667. The Balaban J connectivity index is 1.35. The van der Waals surface area contributed by atoms with Gasteiger partial charge in [0.15, 0.2) is 0 Å². The van der Waals surface area contributed by atoms with Gasteiger partial charge in [0.2, 0.25) is 6.29 Å². The first-order valence-electron chi connectivity index (χ1n) is 11.4. The zero-order valence-corrected chi connectivity index (χ0v) is 18.0. The number of carboxylic acid groups (broad SMARTS) is 1. The number of carbonyl (C=O) groups is 2. The van der Waals surface area contributed by atoms with Gasteiger partial charge in [-0.1, -0.05) is 13.0 Å². The summed E-state index contributed by atoms with van der Waals surface area (Å²) in [6.07, 6.45) is -2.97. The summed E-state index contributed by atoms with van der Waals surface area (Å²) >= 11 is 0. The number of benzene rings is 1. The lowest BCUT2D eigenvalue weighted by Crippen LogP contribution is -2.63. The second kappa shape index (κ2) is 7.80. The van der Waals surface area contributed by atoms with Crippen molar-refractivity contribution in [3.63, 3.8) is 0 Å². The number of hydrogen-bond acceptors (Lipinski definition) is 8. The van der Waals surface area contributed by atoms with Crippen molar-refractivity contribution in [3.05, 3.63) is 29.3 Å². The molecule has 1 saturated heterocycles. The van der Waals surface area contributed by atoms with E-state index in [1.54, 1.807) is 6.07 Å². The van der Waals surface area contributed by atoms with Gasteiger partial charge < -0.3 is 34.7 Å². The molecule has 9 atom stereocenters. The molecule has 3 aliphatic carbocycles. The summed E-state index contributed by atoms with van der Waals surface area (Å²) in [6.45, 7) is 2.15. The monoisotopic (exact) mass is 445 g/mol. The van der Waals surface area contributed by atoms with Crippen LogP contribution < -0.4 is 9.84 Å². The molecular formula is C24H29O8-. The van der Waals surface area contributed by atoms with E-state index in [4.69, 9.17) is 9.47 Å². The molecule has 4 aliphatic rings. The molecule has 0 bridgehead atoms. The maximum atomic E-state index is 12.5. The normalized spacial score (nSPS) is 43.2. The standard InChI is InChI=1S/C24H30O8/c1-24-9-8-14-13-5-3-12(10-11(13)2-4-15(14)16(24)6-7-17(24)25)31-23-20(28)18(26)19(27)21(32-23)22(29)30/h3,5,10,14-16,18-21,23,26-28H,2,4,6-9H2,1H3,(H,29,30)/p-1. The van der Waals surface area contributed by atoms with Gasteiger partial charge in [-0.15, -0.1) is 0 Å². The molecule has 3 fully saturated rings. The quantitative estimate of drug-likeness (QED) is 0.594. The number of aliphatic hydroxyl groups excluding tert-OH is 3. The summed E-state index contributed by atoms with van der Waals surface area (Å²) < 4.78 is 10.9. The van der Waals surface area contributed by atoms with E-state index in [-0.39, 0.29) is 5.41 Å². The van der Waals surface area contributed by atoms with Crippen molar-refractivity contribution < 1.29 is 39.5 Å². The number of ketones is 1. The first-order chi connectivity index (χ1) is 15.2. The number of Topliss-reactive ketones (excluding diaryl/α,β-unsaturated/α-hetero) is 1. The summed E-state index contributed by atoms with van der Waals surface area (Å²) in [5.41, 5.74) is 2.24. The molecule has 1 aliphatic heterocycles. The summed E-state index contributed by atoms with van der Waals surface area (Å²) in [6, 6.07) is 5.65. The number of carbonyl (C=O) groups excluding carboxylic acids is 2. The zero-order chi connectivity index (χ0) is 22.8. The molecular weight excluding hydrogens is 416 g/mol. The molecule has 0 amide bonds. The van der Waals surface area contributed by atoms with Crippen LogP contribution >= 0.6 is 0 Å². The highest BCUT2D eigenvalue weighted by atomic mass is 16.7. The fourth-order valence-electron chi connectivity index (χ4n) is 6.68. The smallest absolute Gasteiger partial charge is 0.229 e. The van der Waals surface area contributed by atoms with Crippen molar-refractivity contribution in [1.29, 1.82) is 0 Å². The molecule has 0 aromatic heterocycles. The first-order valence-corrected chi connectivity index (χ1v) is 11.4. The van der Waals surface area contributed by atoms with Crippen LogP contribution in [0.2, 0.25) is 0 Å². The lowest BCUT2D eigenvalue weighted by Gasteiger charge is -2.48. The number of aryl methyl sites for hydroxylation is 1. The summed E-state index contributed by atoms with van der Waals surface area (Å²) in [7, 11) is 0. The topological polar surface area (TPSA) is 136 Å². The van der Waals surface area contributed by atoms with E-state index in [9.17, 15) is 30.0 Å². The van der Waals surface area contributed by atoms with E-state index >= 15 is 0 Å². The van der Waals surface area contributed by atoms with Crippen LogP contribution in [0.15, 0.2) is 18.2 Å². The average Bonchev–Trinajstić information content (AvgIpc) is 3.08. The van der Waals surface area contributed by atoms with Crippen LogP contribution in [-0.2, 0) is 20.7 Å². The van der Waals surface area contributed by atoms with Gasteiger partial charge in [-0.05, 0) is 73.1 Å². The van der Waals surface area contributed by atoms with Crippen molar-refractivity contribution in [2.24, 2.45) is 17.3 Å². The molecule has 5 rings (SSSR count). The van der Waals surface area contributed by atoms with Gasteiger partial charge in [0.05, 0.1) is 5.97 Å². The molecule has 1 aromatic rings. The van der Waals surface area contributed by atoms with Crippen molar-refractivity contribution in [2.75, 3.05) is 0 Å². The van der Waals surface area contributed by atoms with Crippen LogP contribution in [-0.4, -0.2) is 57.8 Å². The maximum Gasteiger partial charge on any atom is 0.229 e. The van der Waals surface area contributed by atoms with Gasteiger partial charge in [0, 0.05) is 11.8 Å². The SMILES string of the molecule is CC12CCC3c4ccc(OC5OC(C(=O)[O-])C(O)C(O)C5O)cc4CCC3C1CCC2=O. The van der Waals surface area contributed by atoms with Crippen molar-refractivity contribution in [2.45, 2.75) is 82.1 Å². The van der Waals surface area contributed by atoms with E-state index in [2.05, 4.69) is 6.92 Å². The highest BCUT2D eigenvalue weighted by Crippen LogP contribution is 2.59. The van der Waals surface area contributed by atoms with E-state index < -0.39 is 36.7 Å². The number of ether oxygens (including phenoxy) is 2. The predicted octanol–water partition coefficient (Wildman–Crippen LogP) is 0.0481. The van der Waals surface area contributed by atoms with Crippen molar-refractivity contribution in [1.82, 2.24) is 0 Å². The first kappa shape index (κ1) is 21.8. The number of fused-ring (bicyclic) bond motifs is 5. The second-order valence-electron chi connectivity index (χ2n) is 10.0. The molecule has 1 aromatic carbocycles. The van der Waals surface area contributed by atoms with Crippen LogP contribution in [0.4, 0.5) is 0 Å². The third kappa shape index (κ3) is 3.27. The number of carboxylic acids is 1. The van der Waals surface area contributed by atoms with Gasteiger partial charge in [-0.25, -0.2) is 0 Å². The molecule has 174 valence electrons. The Labute approximate surface area is 186 Å². The summed E-state index contributed by atoms with van der Waals surface area (Å²) in [4.78, 5) is 23.7. The van der Waals surface area contributed by atoms with E-state index in [0.29, 0.717) is 35.7 Å². The van der Waals surface area contributed by atoms with Crippen LogP contribution in [0.3, 0.4) is 0 Å². The Morgan fingerprint density at radius 3 is 2.66 bits per heavy atom. The Hall–Kier alpha value is -2.00. The van der Waals surface area contributed by atoms with Crippen LogP contribution in [0.25, 0.3) is 0 Å². The fourth-order valence-corrected chi connectivity index (χ4v) is 6.68. The minimum Gasteiger partial charge on any atom is -0.547 e. The van der Waals surface area contributed by atoms with Crippen LogP contribution in [0, 0.1) is 17.3 Å². The average molecular weight is 445 g/mol. The lowest BCUT2D eigenvalue weighted by atomic mass is 9.55. The number of aliphatic hydroxyl groups is 3. The van der Waals surface area contributed by atoms with Gasteiger partial charge in [-0.2, -0.15) is 0 Å². The Bertz CT molecular complexity index is 931. The number of aliphatic carboxylic acids is 1. The number of rotatable bonds is 3. The van der Waals surface area contributed by atoms with Crippen molar-refractivity contribution in [3.8, 4) is 5.75 Å². The third-order valence-electron chi connectivity index (χ3n) is 8.46. The van der Waals surface area contributed by atoms with Crippen LogP contribution in [0.5, 0.6) is 5.75 Å². The molecule has 0 spiro atoms. The molecule has 0 radical (unpaired) electrons. The van der Waals surface area contributed by atoms with Crippen LogP contribution in [0.1, 0.15) is 56.1 Å². The summed E-state index contributed by atoms with van der Waals surface area (Å²) in [5, 5.41) is 41.2. The highest BCUT2D eigenvalue weighted by Gasteiger charge is 2.54. The zero-order valence-electron chi connectivity index (χ0n) is 18.0. The molecule has 32 heavy (non-hydrogen) atoms.